The van der Waals surface area contributed by atoms with Crippen molar-refractivity contribution >= 4 is 16.8 Å². The highest BCUT2D eigenvalue weighted by atomic mass is 16.2. The Morgan fingerprint density at radius 3 is 2.88 bits per heavy atom. The molecule has 5 heteroatoms. The normalized spacial score (nSPS) is 17.6. The number of amides is 1. The predicted octanol–water partition coefficient (Wildman–Crippen LogP) is 3.74. The maximum Gasteiger partial charge on any atom is 0.254 e. The highest BCUT2D eigenvalue weighted by Crippen LogP contribution is 2.24. The zero-order valence-electron chi connectivity index (χ0n) is 15.4. The van der Waals surface area contributed by atoms with Gasteiger partial charge in [0.2, 0.25) is 0 Å². The molecule has 0 N–H and O–H groups in total. The van der Waals surface area contributed by atoms with Crippen LogP contribution in [0.2, 0.25) is 0 Å². The third-order valence-electron chi connectivity index (χ3n) is 5.25. The Kier molecular flexibility index (Phi) is 4.45. The molecule has 26 heavy (non-hydrogen) atoms. The molecule has 5 nitrogen and oxygen atoms in total. The van der Waals surface area contributed by atoms with Crippen LogP contribution in [0.4, 0.5) is 0 Å². The van der Waals surface area contributed by atoms with Crippen LogP contribution >= 0.6 is 0 Å². The van der Waals surface area contributed by atoms with E-state index in [2.05, 4.69) is 23.1 Å². The van der Waals surface area contributed by atoms with Crippen LogP contribution < -0.4 is 0 Å². The first-order valence-corrected chi connectivity index (χ1v) is 9.29. The van der Waals surface area contributed by atoms with Gasteiger partial charge in [0.15, 0.2) is 0 Å². The third kappa shape index (κ3) is 3.09. The van der Waals surface area contributed by atoms with Gasteiger partial charge in [-0.2, -0.15) is 5.10 Å². The van der Waals surface area contributed by atoms with Crippen molar-refractivity contribution < 1.29 is 4.79 Å². The van der Waals surface area contributed by atoms with Gasteiger partial charge in [-0.25, -0.2) is 0 Å². The van der Waals surface area contributed by atoms with Gasteiger partial charge in [-0.1, -0.05) is 12.1 Å². The number of carbonyl (C=O) groups excluding carboxylic acids is 1. The summed E-state index contributed by atoms with van der Waals surface area (Å²) in [4.78, 5) is 19.8. The van der Waals surface area contributed by atoms with Crippen molar-refractivity contribution in [2.75, 3.05) is 6.54 Å². The number of hydrogen-bond acceptors (Lipinski definition) is 3. The van der Waals surface area contributed by atoms with Crippen LogP contribution in [0, 0.1) is 13.8 Å². The summed E-state index contributed by atoms with van der Waals surface area (Å²) >= 11 is 0. The molecule has 0 unspecified atom stereocenters. The second-order valence-electron chi connectivity index (χ2n) is 7.13. The highest BCUT2D eigenvalue weighted by molar-refractivity contribution is 6.06. The van der Waals surface area contributed by atoms with Crippen LogP contribution in [0.15, 0.2) is 42.6 Å². The first kappa shape index (κ1) is 16.8. The van der Waals surface area contributed by atoms with Crippen LogP contribution in [0.1, 0.15) is 41.0 Å². The lowest BCUT2D eigenvalue weighted by Crippen LogP contribution is -2.46. The number of pyridine rings is 1. The van der Waals surface area contributed by atoms with E-state index >= 15 is 0 Å². The fourth-order valence-corrected chi connectivity index (χ4v) is 3.96. The van der Waals surface area contributed by atoms with Crippen LogP contribution in [0.25, 0.3) is 10.9 Å². The molecule has 0 aliphatic carbocycles. The van der Waals surface area contributed by atoms with E-state index in [0.29, 0.717) is 0 Å². The summed E-state index contributed by atoms with van der Waals surface area (Å²) in [5, 5.41) is 5.52. The standard InChI is InChI=1S/C21H24N4O/c1-15-13-16(2)25(23-15)14-17-7-3-4-12-24(17)21(26)19-8-5-10-20-18(19)9-6-11-22-20/h5-6,8-11,13,17H,3-4,7,12,14H2,1-2H3/t17-/m1/s1. The topological polar surface area (TPSA) is 51.0 Å². The summed E-state index contributed by atoms with van der Waals surface area (Å²) in [6, 6.07) is 11.9. The third-order valence-corrected chi connectivity index (χ3v) is 5.25. The number of rotatable bonds is 3. The fraction of sp³-hybridized carbons (Fsp3) is 0.381. The van der Waals surface area contributed by atoms with Crippen molar-refractivity contribution in [3.05, 3.63) is 59.5 Å². The minimum atomic E-state index is 0.106. The van der Waals surface area contributed by atoms with E-state index in [9.17, 15) is 4.79 Å². The molecule has 0 saturated carbocycles. The van der Waals surface area contributed by atoms with E-state index in [1.54, 1.807) is 6.20 Å². The zero-order valence-corrected chi connectivity index (χ0v) is 15.4. The van der Waals surface area contributed by atoms with Gasteiger partial charge in [0.25, 0.3) is 5.91 Å². The summed E-state index contributed by atoms with van der Waals surface area (Å²) < 4.78 is 2.04. The van der Waals surface area contributed by atoms with Gasteiger partial charge in [0.1, 0.15) is 0 Å². The number of aryl methyl sites for hydroxylation is 2. The number of likely N-dealkylation sites (tertiary alicyclic amines) is 1. The first-order chi connectivity index (χ1) is 12.6. The van der Waals surface area contributed by atoms with E-state index in [1.807, 2.05) is 46.8 Å². The van der Waals surface area contributed by atoms with Crippen LogP contribution in [-0.2, 0) is 6.54 Å². The zero-order chi connectivity index (χ0) is 18.1. The Balaban J connectivity index is 1.65. The first-order valence-electron chi connectivity index (χ1n) is 9.29. The number of aromatic nitrogens is 3. The Bertz CT molecular complexity index is 941. The number of hydrogen-bond donors (Lipinski definition) is 0. The quantitative estimate of drug-likeness (QED) is 0.724. The monoisotopic (exact) mass is 348 g/mol. The molecular weight excluding hydrogens is 324 g/mol. The van der Waals surface area contributed by atoms with Crippen LogP contribution in [-0.4, -0.2) is 38.2 Å². The van der Waals surface area contributed by atoms with Gasteiger partial charge < -0.3 is 4.90 Å². The predicted molar refractivity (Wildman–Crippen MR) is 102 cm³/mol. The highest BCUT2D eigenvalue weighted by Gasteiger charge is 2.29. The molecule has 4 rings (SSSR count). The molecule has 3 heterocycles. The van der Waals surface area contributed by atoms with E-state index in [-0.39, 0.29) is 11.9 Å². The van der Waals surface area contributed by atoms with Crippen molar-refractivity contribution in [2.45, 2.75) is 45.7 Å². The number of benzene rings is 1. The van der Waals surface area contributed by atoms with Crippen molar-refractivity contribution in [1.29, 1.82) is 0 Å². The van der Waals surface area contributed by atoms with Crippen molar-refractivity contribution in [3.8, 4) is 0 Å². The smallest absolute Gasteiger partial charge is 0.254 e. The molecule has 1 fully saturated rings. The fourth-order valence-electron chi connectivity index (χ4n) is 3.96. The number of piperidine rings is 1. The molecule has 134 valence electrons. The molecular formula is C21H24N4O. The Labute approximate surface area is 153 Å². The summed E-state index contributed by atoms with van der Waals surface area (Å²) in [5.41, 5.74) is 3.78. The van der Waals surface area contributed by atoms with Gasteiger partial charge in [0, 0.05) is 29.4 Å². The van der Waals surface area contributed by atoms with Gasteiger partial charge >= 0.3 is 0 Å². The summed E-state index contributed by atoms with van der Waals surface area (Å²) in [5.74, 6) is 0.106. The molecule has 1 atom stereocenters. The largest absolute Gasteiger partial charge is 0.334 e. The minimum absolute atomic E-state index is 0.106. The van der Waals surface area contributed by atoms with Gasteiger partial charge in [-0.3, -0.25) is 14.5 Å². The average Bonchev–Trinajstić information content (AvgIpc) is 2.98. The molecule has 1 aromatic carbocycles. The number of carbonyl (C=O) groups is 1. The molecule has 0 bridgehead atoms. The summed E-state index contributed by atoms with van der Waals surface area (Å²) in [6.07, 6.45) is 5.00. The van der Waals surface area contributed by atoms with E-state index < -0.39 is 0 Å². The lowest BCUT2D eigenvalue weighted by Gasteiger charge is -2.36. The van der Waals surface area contributed by atoms with E-state index in [4.69, 9.17) is 0 Å². The lowest BCUT2D eigenvalue weighted by molar-refractivity contribution is 0.0585. The molecule has 3 aromatic rings. The summed E-state index contributed by atoms with van der Waals surface area (Å²) in [7, 11) is 0. The summed E-state index contributed by atoms with van der Waals surface area (Å²) in [6.45, 7) is 5.65. The van der Waals surface area contributed by atoms with E-state index in [0.717, 1.165) is 60.2 Å². The van der Waals surface area contributed by atoms with E-state index in [1.165, 1.54) is 0 Å². The van der Waals surface area contributed by atoms with Crippen molar-refractivity contribution in [2.24, 2.45) is 0 Å². The average molecular weight is 348 g/mol. The lowest BCUT2D eigenvalue weighted by atomic mass is 9.99. The van der Waals surface area contributed by atoms with Gasteiger partial charge in [-0.05, 0) is 57.4 Å². The maximum absolute atomic E-state index is 13.4. The van der Waals surface area contributed by atoms with Crippen LogP contribution in [0.5, 0.6) is 0 Å². The number of fused-ring (bicyclic) bond motifs is 1. The molecule has 0 spiro atoms. The van der Waals surface area contributed by atoms with Gasteiger partial charge in [-0.15, -0.1) is 0 Å². The van der Waals surface area contributed by atoms with Crippen molar-refractivity contribution in [3.63, 3.8) is 0 Å². The second kappa shape index (κ2) is 6.90. The Morgan fingerprint density at radius 1 is 1.19 bits per heavy atom. The molecule has 2 aromatic heterocycles. The molecule has 0 radical (unpaired) electrons. The minimum Gasteiger partial charge on any atom is -0.334 e. The maximum atomic E-state index is 13.4. The van der Waals surface area contributed by atoms with Crippen molar-refractivity contribution in [1.82, 2.24) is 19.7 Å². The van der Waals surface area contributed by atoms with Crippen LogP contribution in [0.3, 0.4) is 0 Å². The Morgan fingerprint density at radius 2 is 2.08 bits per heavy atom. The molecule has 1 saturated heterocycles. The SMILES string of the molecule is Cc1cc(C)n(C[C@H]2CCCCN2C(=O)c2cccc3ncccc23)n1. The number of nitrogens with zero attached hydrogens (tertiary/aromatic N) is 4. The van der Waals surface area contributed by atoms with Gasteiger partial charge in [0.05, 0.1) is 23.8 Å². The molecule has 1 amide bonds. The second-order valence-corrected chi connectivity index (χ2v) is 7.13. The Hall–Kier alpha value is -2.69. The molecule has 1 aliphatic rings. The molecule has 1 aliphatic heterocycles.